The molecule has 1 aromatic carbocycles. The third-order valence-corrected chi connectivity index (χ3v) is 2.11. The van der Waals surface area contributed by atoms with Gasteiger partial charge in [0, 0.05) is 12.7 Å². The number of amides is 1. The molecule has 0 unspecified atom stereocenters. The number of likely N-dealkylation sites (N-methyl/N-ethyl adjacent to an activating group) is 1. The zero-order valence-electron chi connectivity index (χ0n) is 8.69. The van der Waals surface area contributed by atoms with Crippen molar-refractivity contribution in [2.75, 3.05) is 11.9 Å². The molecule has 0 heterocycles. The lowest BCUT2D eigenvalue weighted by molar-refractivity contribution is -0.125. The van der Waals surface area contributed by atoms with Crippen LogP contribution in [0.5, 0.6) is 0 Å². The molecule has 1 aromatic rings. The summed E-state index contributed by atoms with van der Waals surface area (Å²) in [6.07, 6.45) is -0.957. The number of rotatable bonds is 2. The number of aliphatic hydroxyl groups excluding tert-OH is 1. The summed E-state index contributed by atoms with van der Waals surface area (Å²) in [5.74, 6) is -0.297. The first-order valence-corrected chi connectivity index (χ1v) is 4.54. The Morgan fingerprint density at radius 2 is 1.86 bits per heavy atom. The lowest BCUT2D eigenvalue weighted by atomic mass is 10.2. The summed E-state index contributed by atoms with van der Waals surface area (Å²) in [4.78, 5) is 12.9. The van der Waals surface area contributed by atoms with E-state index in [0.717, 1.165) is 11.3 Å². The zero-order valence-corrected chi connectivity index (χ0v) is 8.69. The second kappa shape index (κ2) is 4.24. The lowest BCUT2D eigenvalue weighted by Gasteiger charge is -2.18. The summed E-state index contributed by atoms with van der Waals surface area (Å²) in [5.41, 5.74) is 1.94. The van der Waals surface area contributed by atoms with Crippen LogP contribution in [0.25, 0.3) is 0 Å². The van der Waals surface area contributed by atoms with Crippen LogP contribution in [-0.4, -0.2) is 24.2 Å². The van der Waals surface area contributed by atoms with Crippen LogP contribution < -0.4 is 4.90 Å². The Hall–Kier alpha value is -1.35. The number of hydrogen-bond acceptors (Lipinski definition) is 2. The highest BCUT2D eigenvalue weighted by molar-refractivity contribution is 5.95. The van der Waals surface area contributed by atoms with E-state index in [2.05, 4.69) is 0 Å². The van der Waals surface area contributed by atoms with E-state index in [-0.39, 0.29) is 5.91 Å². The summed E-state index contributed by atoms with van der Waals surface area (Å²) in [5, 5.41) is 9.12. The van der Waals surface area contributed by atoms with Crippen LogP contribution in [0.3, 0.4) is 0 Å². The van der Waals surface area contributed by atoms with E-state index in [1.54, 1.807) is 7.05 Å². The maximum atomic E-state index is 11.4. The van der Waals surface area contributed by atoms with Crippen molar-refractivity contribution < 1.29 is 9.90 Å². The third kappa shape index (κ3) is 2.33. The van der Waals surface area contributed by atoms with Gasteiger partial charge in [0.25, 0.3) is 5.91 Å². The van der Waals surface area contributed by atoms with Crippen LogP contribution in [0.4, 0.5) is 5.69 Å². The average Bonchev–Trinajstić information content (AvgIpc) is 2.16. The van der Waals surface area contributed by atoms with Gasteiger partial charge in [-0.3, -0.25) is 4.79 Å². The average molecular weight is 193 g/mol. The first-order chi connectivity index (χ1) is 6.52. The molecule has 76 valence electrons. The van der Waals surface area contributed by atoms with E-state index in [9.17, 15) is 4.79 Å². The predicted octanol–water partition coefficient (Wildman–Crippen LogP) is 1.34. The Bertz CT molecular complexity index is 317. The molecule has 3 nitrogen and oxygen atoms in total. The fourth-order valence-corrected chi connectivity index (χ4v) is 1.18. The normalized spacial score (nSPS) is 12.3. The van der Waals surface area contributed by atoms with Crippen molar-refractivity contribution in [3.63, 3.8) is 0 Å². The largest absolute Gasteiger partial charge is 0.384 e. The number of nitrogens with zero attached hydrogens (tertiary/aromatic N) is 1. The topological polar surface area (TPSA) is 40.5 Å². The Kier molecular flexibility index (Phi) is 3.25. The van der Waals surface area contributed by atoms with Gasteiger partial charge in [0.1, 0.15) is 6.10 Å². The number of carbonyl (C=O) groups excluding carboxylic acids is 1. The van der Waals surface area contributed by atoms with E-state index in [0.29, 0.717) is 0 Å². The molecule has 0 radical (unpaired) electrons. The molecule has 0 aliphatic carbocycles. The summed E-state index contributed by atoms with van der Waals surface area (Å²) in [7, 11) is 1.65. The molecule has 1 N–H and O–H groups in total. The summed E-state index contributed by atoms with van der Waals surface area (Å²) in [6.45, 7) is 3.45. The van der Waals surface area contributed by atoms with Gasteiger partial charge in [0.2, 0.25) is 0 Å². The summed E-state index contributed by atoms with van der Waals surface area (Å²) in [6, 6.07) is 7.58. The van der Waals surface area contributed by atoms with Crippen LogP contribution in [0.15, 0.2) is 24.3 Å². The van der Waals surface area contributed by atoms with Gasteiger partial charge in [0.05, 0.1) is 0 Å². The molecular weight excluding hydrogens is 178 g/mol. The smallest absolute Gasteiger partial charge is 0.255 e. The van der Waals surface area contributed by atoms with Gasteiger partial charge in [-0.25, -0.2) is 0 Å². The molecule has 1 amide bonds. The molecule has 0 spiro atoms. The van der Waals surface area contributed by atoms with Crippen molar-refractivity contribution in [2.24, 2.45) is 0 Å². The number of benzene rings is 1. The summed E-state index contributed by atoms with van der Waals surface area (Å²) >= 11 is 0. The van der Waals surface area contributed by atoms with Crippen molar-refractivity contribution in [1.82, 2.24) is 0 Å². The fourth-order valence-electron chi connectivity index (χ4n) is 1.18. The van der Waals surface area contributed by atoms with Gasteiger partial charge in [-0.1, -0.05) is 17.7 Å². The van der Waals surface area contributed by atoms with E-state index in [1.807, 2.05) is 31.2 Å². The van der Waals surface area contributed by atoms with Crippen LogP contribution in [0.1, 0.15) is 12.5 Å². The maximum Gasteiger partial charge on any atom is 0.255 e. The van der Waals surface area contributed by atoms with Crippen molar-refractivity contribution in [2.45, 2.75) is 20.0 Å². The molecule has 14 heavy (non-hydrogen) atoms. The van der Waals surface area contributed by atoms with Crippen LogP contribution in [0.2, 0.25) is 0 Å². The highest BCUT2D eigenvalue weighted by atomic mass is 16.3. The molecule has 0 fully saturated rings. The van der Waals surface area contributed by atoms with Crippen molar-refractivity contribution in [3.8, 4) is 0 Å². The first-order valence-electron chi connectivity index (χ1n) is 4.54. The molecule has 3 heteroatoms. The van der Waals surface area contributed by atoms with E-state index >= 15 is 0 Å². The minimum atomic E-state index is -0.957. The fraction of sp³-hybridized carbons (Fsp3) is 0.364. The Labute approximate surface area is 84.0 Å². The molecule has 0 bridgehead atoms. The van der Waals surface area contributed by atoms with Crippen LogP contribution in [0, 0.1) is 6.92 Å². The number of carbonyl (C=O) groups is 1. The van der Waals surface area contributed by atoms with Crippen molar-refractivity contribution in [1.29, 1.82) is 0 Å². The van der Waals surface area contributed by atoms with Gasteiger partial charge in [0.15, 0.2) is 0 Å². The number of aryl methyl sites for hydroxylation is 1. The van der Waals surface area contributed by atoms with Gasteiger partial charge in [-0.15, -0.1) is 0 Å². The molecule has 1 atom stereocenters. The zero-order chi connectivity index (χ0) is 10.7. The number of hydrogen-bond donors (Lipinski definition) is 1. The van der Waals surface area contributed by atoms with E-state index in [4.69, 9.17) is 5.11 Å². The van der Waals surface area contributed by atoms with Crippen LogP contribution in [-0.2, 0) is 4.79 Å². The SMILES string of the molecule is Cc1ccc(N(C)C(=O)[C@H](C)O)cc1. The molecule has 0 aliphatic heterocycles. The number of anilines is 1. The Morgan fingerprint density at radius 3 is 2.29 bits per heavy atom. The standard InChI is InChI=1S/C11H15NO2/c1-8-4-6-10(7-5-8)12(3)11(14)9(2)13/h4-7,9,13H,1-3H3/t9-/m0/s1. The van der Waals surface area contributed by atoms with Gasteiger partial charge >= 0.3 is 0 Å². The van der Waals surface area contributed by atoms with Crippen LogP contribution >= 0.6 is 0 Å². The summed E-state index contributed by atoms with van der Waals surface area (Å²) < 4.78 is 0. The van der Waals surface area contributed by atoms with Gasteiger partial charge < -0.3 is 10.0 Å². The number of aliphatic hydroxyl groups is 1. The minimum absolute atomic E-state index is 0.297. The van der Waals surface area contributed by atoms with Gasteiger partial charge in [-0.2, -0.15) is 0 Å². The lowest BCUT2D eigenvalue weighted by Crippen LogP contribution is -2.34. The van der Waals surface area contributed by atoms with E-state index < -0.39 is 6.10 Å². The predicted molar refractivity (Wildman–Crippen MR) is 56.3 cm³/mol. The highest BCUT2D eigenvalue weighted by Crippen LogP contribution is 2.14. The Balaban J connectivity index is 2.84. The van der Waals surface area contributed by atoms with Crippen molar-refractivity contribution in [3.05, 3.63) is 29.8 Å². The second-order valence-electron chi connectivity index (χ2n) is 3.41. The molecule has 0 saturated heterocycles. The Morgan fingerprint density at radius 1 is 1.36 bits per heavy atom. The minimum Gasteiger partial charge on any atom is -0.384 e. The van der Waals surface area contributed by atoms with Gasteiger partial charge in [-0.05, 0) is 26.0 Å². The molecule has 1 rings (SSSR count). The second-order valence-corrected chi connectivity index (χ2v) is 3.41. The third-order valence-electron chi connectivity index (χ3n) is 2.11. The monoisotopic (exact) mass is 193 g/mol. The quantitative estimate of drug-likeness (QED) is 0.770. The first kappa shape index (κ1) is 10.7. The molecule has 0 aliphatic rings. The molecule has 0 saturated carbocycles. The van der Waals surface area contributed by atoms with E-state index in [1.165, 1.54) is 11.8 Å². The molecule has 0 aromatic heterocycles. The maximum absolute atomic E-state index is 11.4. The molecular formula is C11H15NO2. The highest BCUT2D eigenvalue weighted by Gasteiger charge is 2.15. The van der Waals surface area contributed by atoms with Crippen molar-refractivity contribution >= 4 is 11.6 Å².